The molecule has 0 N–H and O–H groups in total. The van der Waals surface area contributed by atoms with Gasteiger partial charge in [0.15, 0.2) is 0 Å². The number of rotatable bonds is 34. The van der Waals surface area contributed by atoms with E-state index in [1.165, 1.54) is 204 Å². The van der Waals surface area contributed by atoms with Crippen LogP contribution in [0.4, 0.5) is 0 Å². The van der Waals surface area contributed by atoms with Gasteiger partial charge in [-0.15, -0.1) is 0 Å². The molecule has 0 bridgehead atoms. The number of hydrogen-bond donors (Lipinski definition) is 0. The Bertz CT molecular complexity index is 940. The molecule has 0 aliphatic carbocycles. The van der Waals surface area contributed by atoms with Crippen molar-refractivity contribution in [3.8, 4) is 11.5 Å². The van der Waals surface area contributed by atoms with E-state index in [2.05, 4.69) is 64.1 Å². The topological polar surface area (TPSA) is 9.23 Å². The highest BCUT2D eigenvalue weighted by Gasteiger charge is 2.15. The van der Waals surface area contributed by atoms with Crippen LogP contribution in [0.25, 0.3) is 0 Å². The van der Waals surface area contributed by atoms with Crippen LogP contribution in [-0.4, -0.2) is 0 Å². The van der Waals surface area contributed by atoms with Gasteiger partial charge in [0, 0.05) is 0 Å². The molecule has 0 fully saturated rings. The number of hydrogen-bond acceptors (Lipinski definition) is 1. The van der Waals surface area contributed by atoms with Gasteiger partial charge in [-0.3, -0.25) is 0 Å². The van der Waals surface area contributed by atoms with Crippen molar-refractivity contribution in [2.75, 3.05) is 0 Å². The smallest absolute Gasteiger partial charge is 0.130 e. The van der Waals surface area contributed by atoms with Gasteiger partial charge in [-0.05, 0) is 85.8 Å². The lowest BCUT2D eigenvalue weighted by molar-refractivity contribution is 0.463. The molecule has 0 saturated heterocycles. The van der Waals surface area contributed by atoms with Crippen molar-refractivity contribution in [1.82, 2.24) is 0 Å². The van der Waals surface area contributed by atoms with E-state index in [1.54, 1.807) is 11.1 Å². The van der Waals surface area contributed by atoms with E-state index >= 15 is 0 Å². The summed E-state index contributed by atoms with van der Waals surface area (Å²) in [5, 5.41) is 0. The van der Waals surface area contributed by atoms with Crippen LogP contribution in [0.3, 0.4) is 0 Å². The van der Waals surface area contributed by atoms with Crippen LogP contribution in [0.2, 0.25) is 0 Å². The summed E-state index contributed by atoms with van der Waals surface area (Å²) in [5.74, 6) is 2.28. The Morgan fingerprint density at radius 1 is 0.306 bits per heavy atom. The van der Waals surface area contributed by atoms with Gasteiger partial charge in [0.25, 0.3) is 0 Å². The van der Waals surface area contributed by atoms with E-state index in [0.29, 0.717) is 0 Å². The molecule has 2 aromatic carbocycles. The van der Waals surface area contributed by atoms with E-state index in [9.17, 15) is 0 Å². The molecule has 0 radical (unpaired) electrons. The van der Waals surface area contributed by atoms with Gasteiger partial charge in [0.05, 0.1) is 0 Å². The fourth-order valence-corrected chi connectivity index (χ4v) is 7.63. The minimum atomic E-state index is 1.14. The second kappa shape index (κ2) is 31.0. The molecule has 0 unspecified atom stereocenters. The Kier molecular flexibility index (Phi) is 27.5. The average Bonchev–Trinajstić information content (AvgIpc) is 3.11. The van der Waals surface area contributed by atoms with Crippen LogP contribution in [0, 0.1) is 0 Å². The van der Waals surface area contributed by atoms with Crippen LogP contribution in [-0.2, 0) is 25.7 Å². The van der Waals surface area contributed by atoms with Crippen molar-refractivity contribution in [1.29, 1.82) is 0 Å². The summed E-state index contributed by atoms with van der Waals surface area (Å²) < 4.78 is 7.09. The molecule has 0 atom stereocenters. The van der Waals surface area contributed by atoms with Crippen molar-refractivity contribution in [3.05, 3.63) is 58.7 Å². The molecule has 0 saturated carbocycles. The highest BCUT2D eigenvalue weighted by molar-refractivity contribution is 5.47. The van der Waals surface area contributed by atoms with E-state index in [0.717, 1.165) is 24.3 Å². The SMILES string of the molecule is CCCCCCCCCc1cccc(Oc2cccc(CCCCCCCCC)c2CCCCCCCCC)c1CCCCCCCCC. The average molecular weight is 675 g/mol. The van der Waals surface area contributed by atoms with E-state index in [1.807, 2.05) is 0 Å². The number of benzene rings is 2. The second-order valence-electron chi connectivity index (χ2n) is 15.4. The third-order valence-electron chi connectivity index (χ3n) is 10.8. The van der Waals surface area contributed by atoms with Crippen molar-refractivity contribution >= 4 is 0 Å². The molecule has 0 aromatic heterocycles. The molecule has 0 amide bonds. The summed E-state index contributed by atoms with van der Waals surface area (Å²) >= 11 is 0. The Morgan fingerprint density at radius 2 is 0.571 bits per heavy atom. The highest BCUT2D eigenvalue weighted by atomic mass is 16.5. The summed E-state index contributed by atoms with van der Waals surface area (Å²) in [5.41, 5.74) is 6.09. The first-order valence-corrected chi connectivity index (χ1v) is 22.1. The molecule has 49 heavy (non-hydrogen) atoms. The molecule has 2 aromatic rings. The summed E-state index contributed by atoms with van der Waals surface area (Å²) in [7, 11) is 0. The Morgan fingerprint density at radius 3 is 0.878 bits per heavy atom. The predicted octanol–water partition coefficient (Wildman–Crippen LogP) is 16.7. The van der Waals surface area contributed by atoms with Crippen molar-refractivity contribution < 1.29 is 4.74 Å². The molecule has 0 spiro atoms. The number of unbranched alkanes of at least 4 members (excludes halogenated alkanes) is 24. The summed E-state index contributed by atoms with van der Waals surface area (Å²) in [6, 6.07) is 13.9. The normalized spacial score (nSPS) is 11.4. The van der Waals surface area contributed by atoms with Gasteiger partial charge < -0.3 is 4.74 Å². The molecule has 1 heteroatoms. The fourth-order valence-electron chi connectivity index (χ4n) is 7.63. The van der Waals surface area contributed by atoms with Gasteiger partial charge in [-0.1, -0.05) is 206 Å². The maximum absolute atomic E-state index is 7.09. The zero-order valence-corrected chi connectivity index (χ0v) is 33.5. The first kappa shape index (κ1) is 43.4. The number of ether oxygens (including phenoxy) is 1. The lowest BCUT2D eigenvalue weighted by Gasteiger charge is -2.20. The van der Waals surface area contributed by atoms with Gasteiger partial charge in [-0.2, -0.15) is 0 Å². The van der Waals surface area contributed by atoms with E-state index in [4.69, 9.17) is 4.74 Å². The zero-order chi connectivity index (χ0) is 35.0. The zero-order valence-electron chi connectivity index (χ0n) is 33.5. The molecule has 280 valence electrons. The Labute approximate surface area is 307 Å². The van der Waals surface area contributed by atoms with E-state index in [-0.39, 0.29) is 0 Å². The highest BCUT2D eigenvalue weighted by Crippen LogP contribution is 2.35. The largest absolute Gasteiger partial charge is 0.457 e. The lowest BCUT2D eigenvalue weighted by atomic mass is 9.94. The first-order valence-electron chi connectivity index (χ1n) is 22.1. The quantitative estimate of drug-likeness (QED) is 0.0671. The first-order chi connectivity index (χ1) is 24.2. The minimum absolute atomic E-state index is 1.14. The lowest BCUT2D eigenvalue weighted by Crippen LogP contribution is -2.03. The minimum Gasteiger partial charge on any atom is -0.457 e. The Balaban J connectivity index is 2.18. The standard InChI is InChI=1S/C48H82O/c1-5-9-13-17-21-25-29-35-43-37-33-41-47(45(43)39-31-27-23-19-15-11-7-3)49-48-42-34-38-44(36-30-26-22-18-14-10-6-2)46(48)40-32-28-24-20-16-12-8-4/h33-34,37-38,41-42H,5-32,35-36,39-40H2,1-4H3. The van der Waals surface area contributed by atoms with Crippen LogP contribution in [0.5, 0.6) is 11.5 Å². The third kappa shape index (κ3) is 20.6. The van der Waals surface area contributed by atoms with E-state index < -0.39 is 0 Å². The van der Waals surface area contributed by atoms with Gasteiger partial charge in [0.2, 0.25) is 0 Å². The third-order valence-corrected chi connectivity index (χ3v) is 10.8. The van der Waals surface area contributed by atoms with Crippen molar-refractivity contribution in [2.24, 2.45) is 0 Å². The number of aryl methyl sites for hydroxylation is 2. The molecule has 2 rings (SSSR count). The molecular formula is C48H82O. The van der Waals surface area contributed by atoms with Crippen LogP contribution in [0.15, 0.2) is 36.4 Å². The second-order valence-corrected chi connectivity index (χ2v) is 15.4. The molecule has 0 aliphatic rings. The molecule has 0 aliphatic heterocycles. The molecule has 0 heterocycles. The summed E-state index contributed by atoms with van der Waals surface area (Å²) in [4.78, 5) is 0. The van der Waals surface area contributed by atoms with Crippen LogP contribution < -0.4 is 4.74 Å². The van der Waals surface area contributed by atoms with Gasteiger partial charge in [-0.25, -0.2) is 0 Å². The van der Waals surface area contributed by atoms with Crippen molar-refractivity contribution in [2.45, 2.75) is 233 Å². The summed E-state index contributed by atoms with van der Waals surface area (Å²) in [6.07, 6.45) is 42.8. The monoisotopic (exact) mass is 675 g/mol. The van der Waals surface area contributed by atoms with Gasteiger partial charge >= 0.3 is 0 Å². The molecular weight excluding hydrogens is 593 g/mol. The fraction of sp³-hybridized carbons (Fsp3) is 0.750. The Hall–Kier alpha value is -1.76. The summed E-state index contributed by atoms with van der Waals surface area (Å²) in [6.45, 7) is 9.25. The van der Waals surface area contributed by atoms with Crippen LogP contribution in [0.1, 0.15) is 230 Å². The maximum atomic E-state index is 7.09. The van der Waals surface area contributed by atoms with Crippen LogP contribution >= 0.6 is 0 Å². The molecule has 1 nitrogen and oxygen atoms in total. The van der Waals surface area contributed by atoms with Gasteiger partial charge in [0.1, 0.15) is 11.5 Å². The van der Waals surface area contributed by atoms with Crippen molar-refractivity contribution in [3.63, 3.8) is 0 Å². The predicted molar refractivity (Wildman–Crippen MR) is 220 cm³/mol. The maximum Gasteiger partial charge on any atom is 0.130 e.